The number of hydrogen-bond donors (Lipinski definition) is 0. The summed E-state index contributed by atoms with van der Waals surface area (Å²) in [5.74, 6) is 1.51. The zero-order chi connectivity index (χ0) is 13.4. The molecule has 0 N–H and O–H groups in total. The number of fused-ring (bicyclic) bond motifs is 1. The van der Waals surface area contributed by atoms with Gasteiger partial charge in [0.15, 0.2) is 0 Å². The van der Waals surface area contributed by atoms with Crippen molar-refractivity contribution >= 4 is 5.95 Å². The Morgan fingerprint density at radius 3 is 2.55 bits per heavy atom. The molecule has 0 radical (unpaired) electrons. The first kappa shape index (κ1) is 11.8. The summed E-state index contributed by atoms with van der Waals surface area (Å²) in [7, 11) is 0. The van der Waals surface area contributed by atoms with Crippen LogP contribution in [0.2, 0.25) is 0 Å². The Balaban J connectivity index is 1.62. The van der Waals surface area contributed by atoms with E-state index in [0.717, 1.165) is 31.9 Å². The minimum Gasteiger partial charge on any atom is -0.340 e. The molecule has 4 rings (SSSR count). The van der Waals surface area contributed by atoms with Gasteiger partial charge in [-0.15, -0.1) is 0 Å². The largest absolute Gasteiger partial charge is 0.340 e. The van der Waals surface area contributed by atoms with Crippen LogP contribution in [0.4, 0.5) is 5.95 Å². The highest BCUT2D eigenvalue weighted by atomic mass is 15.2. The van der Waals surface area contributed by atoms with Crippen molar-refractivity contribution in [2.45, 2.75) is 31.6 Å². The van der Waals surface area contributed by atoms with Crippen LogP contribution in [0.1, 0.15) is 35.7 Å². The zero-order valence-electron chi connectivity index (χ0n) is 11.4. The number of rotatable bonds is 2. The van der Waals surface area contributed by atoms with Gasteiger partial charge in [0.1, 0.15) is 6.33 Å². The Morgan fingerprint density at radius 1 is 0.950 bits per heavy atom. The summed E-state index contributed by atoms with van der Waals surface area (Å²) in [5, 5.41) is 0. The van der Waals surface area contributed by atoms with Crippen LogP contribution in [0.25, 0.3) is 0 Å². The molecular formula is C15H17N5. The summed E-state index contributed by atoms with van der Waals surface area (Å²) in [4.78, 5) is 20.0. The maximum Gasteiger partial charge on any atom is 0.225 e. The fraction of sp³-hybridized carbons (Fsp3) is 0.467. The second-order valence-electron chi connectivity index (χ2n) is 5.49. The average Bonchev–Trinajstić information content (AvgIpc) is 3.34. The van der Waals surface area contributed by atoms with Crippen molar-refractivity contribution in [2.24, 2.45) is 0 Å². The van der Waals surface area contributed by atoms with Crippen molar-refractivity contribution in [1.29, 1.82) is 0 Å². The fourth-order valence-electron chi connectivity index (χ4n) is 2.91. The smallest absolute Gasteiger partial charge is 0.225 e. The molecule has 2 aliphatic rings. The number of hydrogen-bond acceptors (Lipinski definition) is 5. The highest BCUT2D eigenvalue weighted by Gasteiger charge is 2.30. The standard InChI is InChI=1S/C15H17N5/c1-6-16-15(17-7-1)20-8-4-12-13(5-9-20)18-10-19-14(12)11-2-3-11/h1,6-7,10-11H,2-5,8-9H2. The van der Waals surface area contributed by atoms with E-state index in [1.165, 1.54) is 29.8 Å². The van der Waals surface area contributed by atoms with Crippen molar-refractivity contribution in [2.75, 3.05) is 18.0 Å². The van der Waals surface area contributed by atoms with Crippen LogP contribution in [0.3, 0.4) is 0 Å². The molecule has 0 saturated heterocycles. The Labute approximate surface area is 118 Å². The summed E-state index contributed by atoms with van der Waals surface area (Å²) in [6.07, 6.45) is 9.87. The van der Waals surface area contributed by atoms with Gasteiger partial charge in [-0.25, -0.2) is 19.9 Å². The molecule has 1 fully saturated rings. The Hall–Kier alpha value is -2.04. The SMILES string of the molecule is c1cnc(N2CCc3ncnc(C4CC4)c3CC2)nc1. The van der Waals surface area contributed by atoms with Crippen LogP contribution in [0, 0.1) is 0 Å². The van der Waals surface area contributed by atoms with E-state index in [9.17, 15) is 0 Å². The number of aromatic nitrogens is 4. The summed E-state index contributed by atoms with van der Waals surface area (Å²) in [6.45, 7) is 1.88. The van der Waals surface area contributed by atoms with E-state index in [1.54, 1.807) is 18.7 Å². The average molecular weight is 267 g/mol. The first-order valence-electron chi connectivity index (χ1n) is 7.26. The van der Waals surface area contributed by atoms with Gasteiger partial charge in [0.2, 0.25) is 5.95 Å². The van der Waals surface area contributed by atoms with Gasteiger partial charge in [0, 0.05) is 43.5 Å². The first-order valence-corrected chi connectivity index (χ1v) is 7.26. The highest BCUT2D eigenvalue weighted by molar-refractivity contribution is 5.37. The molecule has 102 valence electrons. The molecule has 0 unspecified atom stereocenters. The van der Waals surface area contributed by atoms with E-state index in [4.69, 9.17) is 0 Å². The Kier molecular flexibility index (Phi) is 2.83. The maximum absolute atomic E-state index is 4.53. The molecule has 2 aromatic rings. The van der Waals surface area contributed by atoms with Crippen molar-refractivity contribution in [1.82, 2.24) is 19.9 Å². The lowest BCUT2D eigenvalue weighted by Gasteiger charge is -2.19. The van der Waals surface area contributed by atoms with E-state index >= 15 is 0 Å². The lowest BCUT2D eigenvalue weighted by Crippen LogP contribution is -2.27. The topological polar surface area (TPSA) is 54.8 Å². The van der Waals surface area contributed by atoms with Gasteiger partial charge in [-0.05, 0) is 30.9 Å². The van der Waals surface area contributed by atoms with Crippen LogP contribution >= 0.6 is 0 Å². The van der Waals surface area contributed by atoms with Crippen LogP contribution in [-0.4, -0.2) is 33.0 Å². The molecule has 0 bridgehead atoms. The summed E-state index contributed by atoms with van der Waals surface area (Å²) in [6, 6.07) is 1.85. The molecule has 1 aliphatic carbocycles. The quantitative estimate of drug-likeness (QED) is 0.829. The van der Waals surface area contributed by atoms with Crippen molar-refractivity contribution in [3.63, 3.8) is 0 Å². The predicted molar refractivity (Wildman–Crippen MR) is 75.7 cm³/mol. The van der Waals surface area contributed by atoms with Crippen molar-refractivity contribution in [3.8, 4) is 0 Å². The Bertz CT molecular complexity index is 609. The third-order valence-corrected chi connectivity index (χ3v) is 4.12. The monoisotopic (exact) mass is 267 g/mol. The van der Waals surface area contributed by atoms with Crippen LogP contribution < -0.4 is 4.90 Å². The minimum absolute atomic E-state index is 0.686. The molecule has 20 heavy (non-hydrogen) atoms. The number of nitrogens with zero attached hydrogens (tertiary/aromatic N) is 5. The van der Waals surface area contributed by atoms with E-state index in [-0.39, 0.29) is 0 Å². The summed E-state index contributed by atoms with van der Waals surface area (Å²) in [5.41, 5.74) is 3.90. The summed E-state index contributed by atoms with van der Waals surface area (Å²) < 4.78 is 0. The Morgan fingerprint density at radius 2 is 1.75 bits per heavy atom. The second-order valence-corrected chi connectivity index (χ2v) is 5.49. The van der Waals surface area contributed by atoms with Gasteiger partial charge in [0.05, 0.1) is 5.69 Å². The molecular weight excluding hydrogens is 250 g/mol. The molecule has 2 aromatic heterocycles. The van der Waals surface area contributed by atoms with Gasteiger partial charge in [-0.3, -0.25) is 0 Å². The molecule has 0 spiro atoms. The zero-order valence-corrected chi connectivity index (χ0v) is 11.4. The third kappa shape index (κ3) is 2.13. The minimum atomic E-state index is 0.686. The lowest BCUT2D eigenvalue weighted by atomic mass is 10.0. The molecule has 1 aliphatic heterocycles. The van der Waals surface area contributed by atoms with E-state index in [0.29, 0.717) is 5.92 Å². The molecule has 5 nitrogen and oxygen atoms in total. The van der Waals surface area contributed by atoms with Gasteiger partial charge in [0.25, 0.3) is 0 Å². The first-order chi connectivity index (χ1) is 9.92. The molecule has 3 heterocycles. The predicted octanol–water partition coefficient (Wildman–Crippen LogP) is 1.75. The van der Waals surface area contributed by atoms with Gasteiger partial charge in [-0.2, -0.15) is 0 Å². The molecule has 0 aromatic carbocycles. The third-order valence-electron chi connectivity index (χ3n) is 4.12. The van der Waals surface area contributed by atoms with Crippen LogP contribution in [-0.2, 0) is 12.8 Å². The van der Waals surface area contributed by atoms with Crippen LogP contribution in [0.15, 0.2) is 24.8 Å². The van der Waals surface area contributed by atoms with E-state index in [1.807, 2.05) is 6.07 Å². The van der Waals surface area contributed by atoms with Gasteiger partial charge in [-0.1, -0.05) is 0 Å². The maximum atomic E-state index is 4.53. The fourth-order valence-corrected chi connectivity index (χ4v) is 2.91. The molecule has 0 atom stereocenters. The lowest BCUT2D eigenvalue weighted by molar-refractivity contribution is 0.768. The van der Waals surface area contributed by atoms with Crippen molar-refractivity contribution in [3.05, 3.63) is 41.7 Å². The molecule has 0 amide bonds. The molecule has 1 saturated carbocycles. The normalized spacial score (nSPS) is 18.5. The van der Waals surface area contributed by atoms with Crippen LogP contribution in [0.5, 0.6) is 0 Å². The number of anilines is 1. The molecule has 5 heteroatoms. The van der Waals surface area contributed by atoms with Gasteiger partial charge >= 0.3 is 0 Å². The van der Waals surface area contributed by atoms with E-state index < -0.39 is 0 Å². The highest BCUT2D eigenvalue weighted by Crippen LogP contribution is 2.41. The summed E-state index contributed by atoms with van der Waals surface area (Å²) >= 11 is 0. The van der Waals surface area contributed by atoms with Crippen molar-refractivity contribution < 1.29 is 0 Å². The second kappa shape index (κ2) is 4.81. The van der Waals surface area contributed by atoms with E-state index in [2.05, 4.69) is 24.8 Å². The van der Waals surface area contributed by atoms with Gasteiger partial charge < -0.3 is 4.90 Å².